The monoisotopic (exact) mass is 555 g/mol. The smallest absolute Gasteiger partial charge is 0.416 e. The summed E-state index contributed by atoms with van der Waals surface area (Å²) in [5, 5.41) is 4.46. The van der Waals surface area contributed by atoms with Crippen LogP contribution < -0.4 is 10.1 Å². The van der Waals surface area contributed by atoms with Crippen molar-refractivity contribution in [3.63, 3.8) is 0 Å². The average Bonchev–Trinajstić information content (AvgIpc) is 3.21. The predicted molar refractivity (Wildman–Crippen MR) is 148 cm³/mol. The van der Waals surface area contributed by atoms with Gasteiger partial charge < -0.3 is 14.8 Å². The van der Waals surface area contributed by atoms with Gasteiger partial charge in [-0.2, -0.15) is 13.2 Å². The molecule has 214 valence electrons. The highest BCUT2D eigenvalue weighted by atomic mass is 19.4. The molecule has 1 fully saturated rings. The largest absolute Gasteiger partial charge is 0.487 e. The van der Waals surface area contributed by atoms with Crippen LogP contribution in [0.2, 0.25) is 0 Å². The maximum Gasteiger partial charge on any atom is 0.416 e. The van der Waals surface area contributed by atoms with Gasteiger partial charge in [0.2, 0.25) is 0 Å². The lowest BCUT2D eigenvalue weighted by atomic mass is 9.95. The van der Waals surface area contributed by atoms with E-state index in [1.165, 1.54) is 12.1 Å². The maximum absolute atomic E-state index is 13.8. The molecule has 0 aliphatic heterocycles. The van der Waals surface area contributed by atoms with Gasteiger partial charge in [-0.15, -0.1) is 0 Å². The van der Waals surface area contributed by atoms with Crippen molar-refractivity contribution >= 4 is 22.6 Å². The van der Waals surface area contributed by atoms with Gasteiger partial charge >= 0.3 is 12.1 Å². The summed E-state index contributed by atoms with van der Waals surface area (Å²) in [4.78, 5) is 27.0. The number of benzene rings is 3. The Morgan fingerprint density at radius 3 is 2.15 bits per heavy atom. The van der Waals surface area contributed by atoms with Crippen LogP contribution in [0.3, 0.4) is 0 Å². The molecule has 1 amide bonds. The van der Waals surface area contributed by atoms with E-state index >= 15 is 0 Å². The van der Waals surface area contributed by atoms with E-state index in [1.54, 1.807) is 32.9 Å². The van der Waals surface area contributed by atoms with E-state index < -0.39 is 35.3 Å². The number of rotatable bonds is 7. The molecule has 5 nitrogen and oxygen atoms in total. The fourth-order valence-electron chi connectivity index (χ4n) is 5.26. The van der Waals surface area contributed by atoms with E-state index in [0.717, 1.165) is 30.4 Å². The van der Waals surface area contributed by atoms with Crippen molar-refractivity contribution in [2.45, 2.75) is 71.9 Å². The van der Waals surface area contributed by atoms with Crippen LogP contribution in [-0.4, -0.2) is 23.5 Å². The Labute approximate surface area is 233 Å². The minimum absolute atomic E-state index is 0.0421. The van der Waals surface area contributed by atoms with Gasteiger partial charge in [0.05, 0.1) is 11.1 Å². The molecule has 8 heteroatoms. The molecule has 40 heavy (non-hydrogen) atoms. The van der Waals surface area contributed by atoms with Gasteiger partial charge in [-0.25, -0.2) is 4.79 Å². The minimum atomic E-state index is -4.43. The number of nitrogens with one attached hydrogen (secondary N) is 1. The van der Waals surface area contributed by atoms with E-state index in [2.05, 4.69) is 19.2 Å². The molecule has 2 unspecified atom stereocenters. The number of esters is 1. The first-order valence-corrected chi connectivity index (χ1v) is 13.6. The molecule has 3 atom stereocenters. The molecule has 3 aromatic rings. The number of alkyl halides is 3. The predicted octanol–water partition coefficient (Wildman–Crippen LogP) is 7.56. The second-order valence-electron chi connectivity index (χ2n) is 11.8. The quantitative estimate of drug-likeness (QED) is 0.306. The molecule has 0 saturated heterocycles. The molecule has 1 N–H and O–H groups in total. The van der Waals surface area contributed by atoms with Crippen LogP contribution in [-0.2, 0) is 22.3 Å². The molecule has 0 aromatic heterocycles. The number of ether oxygens (including phenoxy) is 2. The van der Waals surface area contributed by atoms with Gasteiger partial charge in [0.25, 0.3) is 5.91 Å². The number of carbonyl (C=O) groups excluding carboxylic acids is 2. The van der Waals surface area contributed by atoms with Gasteiger partial charge in [0.15, 0.2) is 0 Å². The number of carbonyl (C=O) groups is 2. The van der Waals surface area contributed by atoms with Gasteiger partial charge in [0, 0.05) is 5.39 Å². The van der Waals surface area contributed by atoms with Crippen LogP contribution in [0.15, 0.2) is 60.7 Å². The summed E-state index contributed by atoms with van der Waals surface area (Å²) < 4.78 is 50.8. The summed E-state index contributed by atoms with van der Waals surface area (Å²) in [7, 11) is 0. The zero-order chi connectivity index (χ0) is 29.2. The summed E-state index contributed by atoms with van der Waals surface area (Å²) in [5.74, 6) is 0.106. The Hall–Kier alpha value is -3.55. The molecule has 0 bridgehead atoms. The Kier molecular flexibility index (Phi) is 8.47. The number of halogens is 3. The highest BCUT2D eigenvalue weighted by Crippen LogP contribution is 2.39. The Balaban J connectivity index is 1.63. The van der Waals surface area contributed by atoms with Crippen LogP contribution in [0.25, 0.3) is 10.8 Å². The fourth-order valence-corrected chi connectivity index (χ4v) is 5.26. The third-order valence-electron chi connectivity index (χ3n) is 7.53. The number of hydrogen-bond donors (Lipinski definition) is 1. The van der Waals surface area contributed by atoms with E-state index in [1.807, 2.05) is 24.3 Å². The van der Waals surface area contributed by atoms with Gasteiger partial charge in [0.1, 0.15) is 24.0 Å². The first kappa shape index (κ1) is 29.4. The number of amides is 1. The molecule has 4 rings (SSSR count). The summed E-state index contributed by atoms with van der Waals surface area (Å²) in [5.41, 5.74) is -0.703. The molecule has 3 aromatic carbocycles. The van der Waals surface area contributed by atoms with E-state index in [4.69, 9.17) is 9.47 Å². The fraction of sp³-hybridized carbons (Fsp3) is 0.438. The Morgan fingerprint density at radius 2 is 1.55 bits per heavy atom. The van der Waals surface area contributed by atoms with Crippen molar-refractivity contribution in [2.24, 2.45) is 17.8 Å². The Bertz CT molecular complexity index is 1350. The van der Waals surface area contributed by atoms with Crippen LogP contribution in [0.1, 0.15) is 68.9 Å². The van der Waals surface area contributed by atoms with E-state index in [-0.39, 0.29) is 18.1 Å². The van der Waals surface area contributed by atoms with Gasteiger partial charge in [-0.1, -0.05) is 56.3 Å². The first-order chi connectivity index (χ1) is 18.7. The van der Waals surface area contributed by atoms with E-state index in [0.29, 0.717) is 28.5 Å². The highest BCUT2D eigenvalue weighted by molar-refractivity contribution is 6.05. The summed E-state index contributed by atoms with van der Waals surface area (Å²) in [6, 6.07) is 14.7. The molecular formula is C32H36F3NO4. The van der Waals surface area contributed by atoms with Crippen molar-refractivity contribution in [3.05, 3.63) is 77.4 Å². The molecule has 1 aliphatic carbocycles. The minimum Gasteiger partial charge on any atom is -0.487 e. The summed E-state index contributed by atoms with van der Waals surface area (Å²) in [6.45, 7) is 9.63. The van der Waals surface area contributed by atoms with E-state index in [9.17, 15) is 22.8 Å². The molecule has 0 heterocycles. The number of hydrogen-bond acceptors (Lipinski definition) is 4. The normalized spacial score (nSPS) is 20.2. The zero-order valence-corrected chi connectivity index (χ0v) is 23.5. The van der Waals surface area contributed by atoms with Crippen LogP contribution in [0.5, 0.6) is 5.75 Å². The first-order valence-electron chi connectivity index (χ1n) is 13.6. The lowest BCUT2D eigenvalue weighted by molar-refractivity contribution is -0.158. The molecule has 1 aliphatic rings. The highest BCUT2D eigenvalue weighted by Gasteiger charge is 2.40. The average molecular weight is 556 g/mol. The lowest BCUT2D eigenvalue weighted by Crippen LogP contribution is -2.48. The van der Waals surface area contributed by atoms with Crippen LogP contribution >= 0.6 is 0 Å². The van der Waals surface area contributed by atoms with Crippen molar-refractivity contribution in [1.29, 1.82) is 0 Å². The lowest BCUT2D eigenvalue weighted by Gasteiger charge is -2.28. The SMILES string of the molecule is CC1CC([C@H](NC(=O)c2ccc3ccccc3c2OCc2ccc(C(F)(F)F)cc2)C(=O)OC(C)(C)C)CC1C. The molecule has 1 saturated carbocycles. The second kappa shape index (κ2) is 11.5. The van der Waals surface area contributed by atoms with Crippen molar-refractivity contribution in [1.82, 2.24) is 5.32 Å². The standard InChI is InChI=1S/C32H36F3NO4/c1-19-16-23(17-20(19)2)27(30(38)40-31(3,4)5)36-29(37)26-15-12-22-8-6-7-9-25(22)28(26)39-18-21-10-13-24(14-11-21)32(33,34)35/h6-15,19-20,23,27H,16-18H2,1-5H3,(H,36,37)/t19?,20?,23?,27-/m0/s1. The van der Waals surface area contributed by atoms with Crippen LogP contribution in [0.4, 0.5) is 13.2 Å². The third-order valence-corrected chi connectivity index (χ3v) is 7.53. The Morgan fingerprint density at radius 1 is 0.925 bits per heavy atom. The maximum atomic E-state index is 13.8. The number of fused-ring (bicyclic) bond motifs is 1. The molecular weight excluding hydrogens is 519 g/mol. The van der Waals surface area contributed by atoms with Crippen molar-refractivity contribution in [3.8, 4) is 5.75 Å². The van der Waals surface area contributed by atoms with Crippen molar-refractivity contribution in [2.75, 3.05) is 0 Å². The second-order valence-corrected chi connectivity index (χ2v) is 11.8. The molecule has 0 spiro atoms. The summed E-state index contributed by atoms with van der Waals surface area (Å²) >= 11 is 0. The third kappa shape index (κ3) is 6.95. The zero-order valence-electron chi connectivity index (χ0n) is 23.5. The van der Waals surface area contributed by atoms with Gasteiger partial charge in [-0.3, -0.25) is 4.79 Å². The van der Waals surface area contributed by atoms with Crippen LogP contribution in [0, 0.1) is 17.8 Å². The topological polar surface area (TPSA) is 64.6 Å². The molecule has 0 radical (unpaired) electrons. The van der Waals surface area contributed by atoms with Crippen molar-refractivity contribution < 1.29 is 32.2 Å². The summed E-state index contributed by atoms with van der Waals surface area (Å²) in [6.07, 6.45) is -2.85. The van der Waals surface area contributed by atoms with Gasteiger partial charge in [-0.05, 0) is 80.5 Å².